The lowest BCUT2D eigenvalue weighted by Gasteiger charge is -2.12. The van der Waals surface area contributed by atoms with Gasteiger partial charge in [0, 0.05) is 29.0 Å². The Morgan fingerprint density at radius 2 is 1.86 bits per heavy atom. The summed E-state index contributed by atoms with van der Waals surface area (Å²) in [6.07, 6.45) is 2.82. The van der Waals surface area contributed by atoms with Crippen LogP contribution in [0, 0.1) is 5.82 Å². The highest BCUT2D eigenvalue weighted by molar-refractivity contribution is 6.02. The molecule has 0 saturated carbocycles. The summed E-state index contributed by atoms with van der Waals surface area (Å²) in [7, 11) is 1.51. The minimum Gasteiger partial charge on any atom is -0.507 e. The normalized spacial score (nSPS) is 10.7. The van der Waals surface area contributed by atoms with Crippen molar-refractivity contribution in [2.24, 2.45) is 0 Å². The number of hydrogen-bond donors (Lipinski definition) is 2. The third-order valence-corrected chi connectivity index (χ3v) is 4.15. The molecule has 5 nitrogen and oxygen atoms in total. The average molecular weight is 393 g/mol. The molecule has 0 aliphatic carbocycles. The van der Waals surface area contributed by atoms with Crippen molar-refractivity contribution < 1.29 is 23.8 Å². The van der Waals surface area contributed by atoms with E-state index in [1.54, 1.807) is 54.6 Å². The van der Waals surface area contributed by atoms with Crippen LogP contribution in [0.5, 0.6) is 17.2 Å². The number of methoxy groups -OCH3 is 1. The van der Waals surface area contributed by atoms with Crippen LogP contribution in [0.3, 0.4) is 0 Å². The zero-order valence-electron chi connectivity index (χ0n) is 15.8. The van der Waals surface area contributed by atoms with E-state index in [-0.39, 0.29) is 24.0 Å². The fourth-order valence-corrected chi connectivity index (χ4v) is 2.62. The van der Waals surface area contributed by atoms with Crippen molar-refractivity contribution in [1.29, 1.82) is 0 Å². The Bertz CT molecular complexity index is 1030. The summed E-state index contributed by atoms with van der Waals surface area (Å²) in [5.41, 5.74) is 1.74. The van der Waals surface area contributed by atoms with Crippen molar-refractivity contribution in [2.45, 2.75) is 6.61 Å². The van der Waals surface area contributed by atoms with Gasteiger partial charge in [-0.15, -0.1) is 0 Å². The molecule has 3 aromatic carbocycles. The Labute approximate surface area is 168 Å². The maximum absolute atomic E-state index is 13.7. The molecule has 0 heterocycles. The zero-order chi connectivity index (χ0) is 20.6. The summed E-state index contributed by atoms with van der Waals surface area (Å²) in [5.74, 6) is -0.154. The molecule has 0 saturated heterocycles. The molecule has 0 bridgehead atoms. The van der Waals surface area contributed by atoms with Crippen LogP contribution in [-0.2, 0) is 11.4 Å². The monoisotopic (exact) mass is 393 g/mol. The molecule has 1 amide bonds. The van der Waals surface area contributed by atoms with Gasteiger partial charge in [-0.25, -0.2) is 4.39 Å². The van der Waals surface area contributed by atoms with Crippen LogP contribution in [0.2, 0.25) is 0 Å². The predicted molar refractivity (Wildman–Crippen MR) is 109 cm³/mol. The van der Waals surface area contributed by atoms with Crippen molar-refractivity contribution in [1.82, 2.24) is 0 Å². The molecule has 0 radical (unpaired) electrons. The molecule has 148 valence electrons. The Kier molecular flexibility index (Phi) is 6.47. The largest absolute Gasteiger partial charge is 0.507 e. The molecule has 6 heteroatoms. The van der Waals surface area contributed by atoms with E-state index in [1.165, 1.54) is 31.4 Å². The van der Waals surface area contributed by atoms with E-state index in [9.17, 15) is 14.3 Å². The van der Waals surface area contributed by atoms with Crippen LogP contribution >= 0.6 is 0 Å². The average Bonchev–Trinajstić information content (AvgIpc) is 2.73. The highest BCUT2D eigenvalue weighted by Crippen LogP contribution is 2.25. The molecule has 0 fully saturated rings. The maximum atomic E-state index is 13.7. The second-order valence-corrected chi connectivity index (χ2v) is 6.12. The first-order valence-corrected chi connectivity index (χ1v) is 8.88. The summed E-state index contributed by atoms with van der Waals surface area (Å²) in [6.45, 7) is 0.0976. The van der Waals surface area contributed by atoms with Gasteiger partial charge >= 0.3 is 0 Å². The van der Waals surface area contributed by atoms with Gasteiger partial charge in [0.05, 0.1) is 7.11 Å². The van der Waals surface area contributed by atoms with Gasteiger partial charge in [-0.05, 0) is 36.4 Å². The molecular weight excluding hydrogens is 373 g/mol. The number of phenolic OH excluding ortho intramolecular Hbond substituents is 1. The third kappa shape index (κ3) is 5.35. The summed E-state index contributed by atoms with van der Waals surface area (Å²) >= 11 is 0. The fourth-order valence-electron chi connectivity index (χ4n) is 2.62. The minimum atomic E-state index is -0.448. The first-order chi connectivity index (χ1) is 14.1. The number of para-hydroxylation sites is 2. The molecular formula is C23H20FNO4. The molecule has 3 aromatic rings. The van der Waals surface area contributed by atoms with E-state index < -0.39 is 5.82 Å². The van der Waals surface area contributed by atoms with Gasteiger partial charge in [0.15, 0.2) is 11.6 Å². The van der Waals surface area contributed by atoms with E-state index in [1.807, 2.05) is 0 Å². The lowest BCUT2D eigenvalue weighted by atomic mass is 10.1. The minimum absolute atomic E-state index is 0.00656. The standard InChI is InChI=1S/C23H20FNO4/c1-28-18-12-10-16(21(26)14-18)11-13-23(27)25-20-8-4-2-6-17(20)15-29-22-9-5-3-7-19(22)24/h2-14,26H,15H2,1H3,(H,25,27). The number of phenols is 1. The number of rotatable bonds is 7. The molecule has 0 spiro atoms. The molecule has 0 atom stereocenters. The highest BCUT2D eigenvalue weighted by Gasteiger charge is 2.08. The second kappa shape index (κ2) is 9.41. The summed E-state index contributed by atoms with van der Waals surface area (Å²) < 4.78 is 24.3. The van der Waals surface area contributed by atoms with Crippen LogP contribution in [0.1, 0.15) is 11.1 Å². The Hall–Kier alpha value is -3.80. The van der Waals surface area contributed by atoms with Crippen molar-refractivity contribution in [2.75, 3.05) is 12.4 Å². The van der Waals surface area contributed by atoms with Gasteiger partial charge < -0.3 is 19.9 Å². The van der Waals surface area contributed by atoms with Crippen LogP contribution < -0.4 is 14.8 Å². The SMILES string of the molecule is COc1ccc(C=CC(=O)Nc2ccccc2COc2ccccc2F)c(O)c1. The van der Waals surface area contributed by atoms with Crippen molar-refractivity contribution in [3.63, 3.8) is 0 Å². The highest BCUT2D eigenvalue weighted by atomic mass is 19.1. The summed E-state index contributed by atoms with van der Waals surface area (Å²) in [4.78, 5) is 12.3. The third-order valence-electron chi connectivity index (χ3n) is 4.15. The Morgan fingerprint density at radius 3 is 2.62 bits per heavy atom. The van der Waals surface area contributed by atoms with Crippen LogP contribution in [0.25, 0.3) is 6.08 Å². The smallest absolute Gasteiger partial charge is 0.248 e. The Morgan fingerprint density at radius 1 is 1.10 bits per heavy atom. The van der Waals surface area contributed by atoms with Gasteiger partial charge in [0.25, 0.3) is 0 Å². The number of benzene rings is 3. The van der Waals surface area contributed by atoms with E-state index in [2.05, 4.69) is 5.32 Å². The first kappa shape index (κ1) is 19.9. The Balaban J connectivity index is 1.67. The summed E-state index contributed by atoms with van der Waals surface area (Å²) in [6, 6.07) is 18.0. The second-order valence-electron chi connectivity index (χ2n) is 6.12. The first-order valence-electron chi connectivity index (χ1n) is 8.88. The van der Waals surface area contributed by atoms with Crippen molar-refractivity contribution >= 4 is 17.7 Å². The number of carbonyl (C=O) groups is 1. The van der Waals surface area contributed by atoms with Gasteiger partial charge in [0.1, 0.15) is 18.1 Å². The van der Waals surface area contributed by atoms with Gasteiger partial charge in [-0.2, -0.15) is 0 Å². The molecule has 0 aromatic heterocycles. The molecule has 0 unspecified atom stereocenters. The van der Waals surface area contributed by atoms with Crippen LogP contribution in [-0.4, -0.2) is 18.1 Å². The number of aromatic hydroxyl groups is 1. The molecule has 0 aliphatic heterocycles. The lowest BCUT2D eigenvalue weighted by Crippen LogP contribution is -2.11. The fraction of sp³-hybridized carbons (Fsp3) is 0.0870. The van der Waals surface area contributed by atoms with E-state index in [4.69, 9.17) is 9.47 Å². The van der Waals surface area contributed by atoms with Gasteiger partial charge in [0.2, 0.25) is 5.91 Å². The van der Waals surface area contributed by atoms with Crippen LogP contribution in [0.4, 0.5) is 10.1 Å². The van der Waals surface area contributed by atoms with E-state index in [0.29, 0.717) is 22.6 Å². The molecule has 29 heavy (non-hydrogen) atoms. The lowest BCUT2D eigenvalue weighted by molar-refractivity contribution is -0.111. The van der Waals surface area contributed by atoms with Crippen molar-refractivity contribution in [3.05, 3.63) is 89.8 Å². The number of anilines is 1. The number of nitrogens with one attached hydrogen (secondary N) is 1. The van der Waals surface area contributed by atoms with Gasteiger partial charge in [-0.1, -0.05) is 30.3 Å². The van der Waals surface area contributed by atoms with Crippen LogP contribution in [0.15, 0.2) is 72.8 Å². The summed E-state index contributed by atoms with van der Waals surface area (Å²) in [5, 5.41) is 12.7. The van der Waals surface area contributed by atoms with Crippen molar-refractivity contribution in [3.8, 4) is 17.2 Å². The van der Waals surface area contributed by atoms with E-state index >= 15 is 0 Å². The number of hydrogen-bond acceptors (Lipinski definition) is 4. The maximum Gasteiger partial charge on any atom is 0.248 e. The number of carbonyl (C=O) groups excluding carboxylic acids is 1. The molecule has 2 N–H and O–H groups in total. The number of ether oxygens (including phenoxy) is 2. The predicted octanol–water partition coefficient (Wildman–Crippen LogP) is 4.77. The number of amides is 1. The van der Waals surface area contributed by atoms with Gasteiger partial charge in [-0.3, -0.25) is 4.79 Å². The molecule has 0 aliphatic rings. The zero-order valence-corrected chi connectivity index (χ0v) is 15.8. The molecule has 3 rings (SSSR count). The topological polar surface area (TPSA) is 67.8 Å². The van der Waals surface area contributed by atoms with E-state index in [0.717, 1.165) is 0 Å². The number of halogens is 1. The quantitative estimate of drug-likeness (QED) is 0.568.